The average Bonchev–Trinajstić information content (AvgIpc) is 2.36. The molecule has 4 heteroatoms. The molecular weight excluding hydrogens is 182 g/mol. The molecule has 0 aromatic rings. The van der Waals surface area contributed by atoms with E-state index in [2.05, 4.69) is 5.32 Å². The number of piperidine rings is 1. The molecule has 2 aliphatic heterocycles. The minimum atomic E-state index is -0.467. The van der Waals surface area contributed by atoms with Gasteiger partial charge < -0.3 is 10.1 Å². The molecule has 4 nitrogen and oxygen atoms in total. The molecule has 0 saturated carbocycles. The van der Waals surface area contributed by atoms with E-state index >= 15 is 0 Å². The fourth-order valence-electron chi connectivity index (χ4n) is 2.40. The van der Waals surface area contributed by atoms with Gasteiger partial charge in [-0.05, 0) is 19.8 Å². The molecule has 0 aliphatic carbocycles. The lowest BCUT2D eigenvalue weighted by Crippen LogP contribution is -2.55. The number of esters is 1. The summed E-state index contributed by atoms with van der Waals surface area (Å²) in [4.78, 5) is 22.7. The van der Waals surface area contributed by atoms with Crippen molar-refractivity contribution >= 4 is 11.9 Å². The number of carbonyl (C=O) groups excluding carboxylic acids is 2. The van der Waals surface area contributed by atoms with Crippen molar-refractivity contribution in [1.82, 2.24) is 5.32 Å². The molecule has 2 heterocycles. The monoisotopic (exact) mass is 197 g/mol. The molecule has 0 radical (unpaired) electrons. The van der Waals surface area contributed by atoms with Crippen molar-refractivity contribution in [1.29, 1.82) is 0 Å². The van der Waals surface area contributed by atoms with Gasteiger partial charge in [0.25, 0.3) is 0 Å². The van der Waals surface area contributed by atoms with Crippen LogP contribution in [0.2, 0.25) is 0 Å². The van der Waals surface area contributed by atoms with Gasteiger partial charge in [-0.2, -0.15) is 0 Å². The van der Waals surface area contributed by atoms with Gasteiger partial charge in [-0.15, -0.1) is 0 Å². The third kappa shape index (κ3) is 1.21. The van der Waals surface area contributed by atoms with Gasteiger partial charge in [-0.1, -0.05) is 6.92 Å². The number of hydrogen-bond acceptors (Lipinski definition) is 3. The van der Waals surface area contributed by atoms with Crippen molar-refractivity contribution in [2.45, 2.75) is 44.8 Å². The third-order valence-electron chi connectivity index (χ3n) is 3.30. The standard InChI is InChI=1S/C10H15NO3/c1-3-6-8-10(2,14-9(6)13)5-4-7(12)11-8/h6,8H,3-5H2,1-2H3,(H,11,12)/t6-,8+,10+/m0/s1. The lowest BCUT2D eigenvalue weighted by atomic mass is 9.82. The summed E-state index contributed by atoms with van der Waals surface area (Å²) < 4.78 is 5.35. The molecule has 14 heavy (non-hydrogen) atoms. The van der Waals surface area contributed by atoms with E-state index < -0.39 is 5.60 Å². The van der Waals surface area contributed by atoms with Crippen LogP contribution in [0.15, 0.2) is 0 Å². The van der Waals surface area contributed by atoms with Gasteiger partial charge in [0.15, 0.2) is 0 Å². The van der Waals surface area contributed by atoms with Crippen LogP contribution in [-0.2, 0) is 14.3 Å². The van der Waals surface area contributed by atoms with Crippen LogP contribution in [0.4, 0.5) is 0 Å². The zero-order chi connectivity index (χ0) is 10.3. The summed E-state index contributed by atoms with van der Waals surface area (Å²) in [5.74, 6) is -0.296. The van der Waals surface area contributed by atoms with E-state index in [9.17, 15) is 9.59 Å². The highest BCUT2D eigenvalue weighted by Crippen LogP contribution is 2.38. The van der Waals surface area contributed by atoms with Gasteiger partial charge in [0, 0.05) is 6.42 Å². The molecule has 2 saturated heterocycles. The van der Waals surface area contributed by atoms with Crippen LogP contribution in [-0.4, -0.2) is 23.5 Å². The zero-order valence-corrected chi connectivity index (χ0v) is 8.50. The summed E-state index contributed by atoms with van der Waals surface area (Å²) in [7, 11) is 0. The Morgan fingerprint density at radius 3 is 2.93 bits per heavy atom. The number of nitrogens with one attached hydrogen (secondary N) is 1. The van der Waals surface area contributed by atoms with E-state index in [-0.39, 0.29) is 23.8 Å². The molecule has 0 spiro atoms. The first-order valence-corrected chi connectivity index (χ1v) is 5.09. The molecule has 78 valence electrons. The maximum absolute atomic E-state index is 11.5. The summed E-state index contributed by atoms with van der Waals surface area (Å²) in [5.41, 5.74) is -0.467. The Hall–Kier alpha value is -1.06. The summed E-state index contributed by atoms with van der Waals surface area (Å²) in [6, 6.07) is -0.124. The number of ether oxygens (including phenoxy) is 1. The van der Waals surface area contributed by atoms with Gasteiger partial charge in [-0.25, -0.2) is 0 Å². The van der Waals surface area contributed by atoms with Crippen molar-refractivity contribution in [3.63, 3.8) is 0 Å². The molecule has 2 aliphatic rings. The molecule has 3 atom stereocenters. The fourth-order valence-corrected chi connectivity index (χ4v) is 2.40. The average molecular weight is 197 g/mol. The van der Waals surface area contributed by atoms with Gasteiger partial charge in [0.05, 0.1) is 12.0 Å². The van der Waals surface area contributed by atoms with E-state index in [0.717, 1.165) is 6.42 Å². The molecule has 0 aromatic heterocycles. The Morgan fingerprint density at radius 2 is 2.29 bits per heavy atom. The first-order chi connectivity index (χ1) is 6.57. The molecule has 2 fully saturated rings. The van der Waals surface area contributed by atoms with E-state index in [0.29, 0.717) is 12.8 Å². The number of carbonyl (C=O) groups is 2. The SMILES string of the molecule is CC[C@@H]1C(=O)O[C@]2(C)CCC(=O)N[C@H]12. The van der Waals surface area contributed by atoms with Crippen LogP contribution >= 0.6 is 0 Å². The van der Waals surface area contributed by atoms with Gasteiger partial charge in [0.1, 0.15) is 5.60 Å². The van der Waals surface area contributed by atoms with Gasteiger partial charge in [0.2, 0.25) is 5.91 Å². The largest absolute Gasteiger partial charge is 0.457 e. The quantitative estimate of drug-likeness (QED) is 0.626. The van der Waals surface area contributed by atoms with E-state index in [4.69, 9.17) is 4.74 Å². The van der Waals surface area contributed by atoms with E-state index in [1.165, 1.54) is 0 Å². The zero-order valence-electron chi connectivity index (χ0n) is 8.50. The highest BCUT2D eigenvalue weighted by molar-refractivity contribution is 5.83. The van der Waals surface area contributed by atoms with Crippen molar-refractivity contribution < 1.29 is 14.3 Å². The van der Waals surface area contributed by atoms with Crippen molar-refractivity contribution in [3.05, 3.63) is 0 Å². The molecule has 1 amide bonds. The molecule has 0 bridgehead atoms. The van der Waals surface area contributed by atoms with Gasteiger partial charge >= 0.3 is 5.97 Å². The topological polar surface area (TPSA) is 55.4 Å². The van der Waals surface area contributed by atoms with Crippen LogP contribution in [0.1, 0.15) is 33.1 Å². The number of fused-ring (bicyclic) bond motifs is 1. The summed E-state index contributed by atoms with van der Waals surface area (Å²) >= 11 is 0. The Morgan fingerprint density at radius 1 is 1.57 bits per heavy atom. The van der Waals surface area contributed by atoms with Crippen LogP contribution < -0.4 is 5.32 Å². The lowest BCUT2D eigenvalue weighted by molar-refractivity contribution is -0.152. The summed E-state index contributed by atoms with van der Waals surface area (Å²) in [6.45, 7) is 3.85. The second-order valence-corrected chi connectivity index (χ2v) is 4.29. The predicted octanol–water partition coefficient (Wildman–Crippen LogP) is 0.607. The van der Waals surface area contributed by atoms with Crippen LogP contribution in [0.25, 0.3) is 0 Å². The molecule has 2 rings (SSSR count). The van der Waals surface area contributed by atoms with E-state index in [1.54, 1.807) is 0 Å². The Kier molecular flexibility index (Phi) is 2.01. The van der Waals surface area contributed by atoms with Crippen molar-refractivity contribution in [2.75, 3.05) is 0 Å². The Labute approximate surface area is 83.0 Å². The van der Waals surface area contributed by atoms with Crippen LogP contribution in [0.5, 0.6) is 0 Å². The highest BCUT2D eigenvalue weighted by atomic mass is 16.6. The normalized spacial score (nSPS) is 41.6. The second kappa shape index (κ2) is 2.97. The minimum absolute atomic E-state index is 0.0317. The molecule has 1 N–H and O–H groups in total. The first-order valence-electron chi connectivity index (χ1n) is 5.09. The Balaban J connectivity index is 2.26. The van der Waals surface area contributed by atoms with Crippen LogP contribution in [0.3, 0.4) is 0 Å². The minimum Gasteiger partial charge on any atom is -0.457 e. The summed E-state index contributed by atoms with van der Waals surface area (Å²) in [5, 5.41) is 2.87. The van der Waals surface area contributed by atoms with Crippen molar-refractivity contribution in [3.8, 4) is 0 Å². The smallest absolute Gasteiger partial charge is 0.311 e. The predicted molar refractivity (Wildman–Crippen MR) is 49.4 cm³/mol. The second-order valence-electron chi connectivity index (χ2n) is 4.29. The number of hydrogen-bond donors (Lipinski definition) is 1. The highest BCUT2D eigenvalue weighted by Gasteiger charge is 2.54. The number of amides is 1. The Bertz CT molecular complexity index is 289. The fraction of sp³-hybridized carbons (Fsp3) is 0.800. The molecule has 0 unspecified atom stereocenters. The summed E-state index contributed by atoms with van der Waals surface area (Å²) in [6.07, 6.45) is 1.82. The van der Waals surface area contributed by atoms with Crippen LogP contribution in [0, 0.1) is 5.92 Å². The number of rotatable bonds is 1. The van der Waals surface area contributed by atoms with E-state index in [1.807, 2.05) is 13.8 Å². The molecule has 0 aromatic carbocycles. The van der Waals surface area contributed by atoms with Gasteiger partial charge in [-0.3, -0.25) is 9.59 Å². The van der Waals surface area contributed by atoms with Crippen molar-refractivity contribution in [2.24, 2.45) is 5.92 Å². The third-order valence-corrected chi connectivity index (χ3v) is 3.30. The lowest BCUT2D eigenvalue weighted by Gasteiger charge is -2.35. The molecular formula is C10H15NO3. The first kappa shape index (κ1) is 9.49. The maximum Gasteiger partial charge on any atom is 0.311 e. The maximum atomic E-state index is 11.5.